The summed E-state index contributed by atoms with van der Waals surface area (Å²) in [5, 5.41) is 20.8. The fourth-order valence-corrected chi connectivity index (χ4v) is 2.62. The lowest BCUT2D eigenvalue weighted by molar-refractivity contribution is -0.115. The summed E-state index contributed by atoms with van der Waals surface area (Å²) < 4.78 is 0. The molecular weight excluding hydrogens is 188 g/mol. The van der Waals surface area contributed by atoms with Crippen LogP contribution in [0.4, 0.5) is 0 Å². The second-order valence-corrected chi connectivity index (χ2v) is 5.48. The van der Waals surface area contributed by atoms with E-state index in [0.29, 0.717) is 6.42 Å². The molecule has 0 bridgehead atoms. The molecule has 0 aromatic heterocycles. The molecule has 0 heterocycles. The molecule has 0 amide bonds. The van der Waals surface area contributed by atoms with Gasteiger partial charge in [0.25, 0.3) is 0 Å². The van der Waals surface area contributed by atoms with Crippen molar-refractivity contribution >= 4 is 0 Å². The third-order valence-corrected chi connectivity index (χ3v) is 4.12. The van der Waals surface area contributed by atoms with Crippen LogP contribution < -0.4 is 0 Å². The first kappa shape index (κ1) is 12.7. The zero-order chi connectivity index (χ0) is 11.7. The maximum atomic E-state index is 10.7. The first-order valence-electron chi connectivity index (χ1n) is 5.89. The van der Waals surface area contributed by atoms with Gasteiger partial charge in [-0.3, -0.25) is 0 Å². The Labute approximate surface area is 93.0 Å². The lowest BCUT2D eigenvalue weighted by Gasteiger charge is -2.47. The quantitative estimate of drug-likeness (QED) is 0.656. The van der Waals surface area contributed by atoms with Crippen LogP contribution in [-0.2, 0) is 0 Å². The molecule has 1 aliphatic carbocycles. The molecule has 0 radical (unpaired) electrons. The van der Waals surface area contributed by atoms with Crippen molar-refractivity contribution in [3.63, 3.8) is 0 Å². The first-order chi connectivity index (χ1) is 6.82. The first-order valence-corrected chi connectivity index (χ1v) is 5.89. The fraction of sp³-hybridized carbons (Fsp3) is 0.846. The molecule has 2 nitrogen and oxygen atoms in total. The molecule has 2 heteroatoms. The Bertz CT molecular complexity index is 245. The number of rotatable bonds is 1. The molecule has 0 aliphatic heterocycles. The Kier molecular flexibility index (Phi) is 3.62. The van der Waals surface area contributed by atoms with Crippen LogP contribution in [0.3, 0.4) is 0 Å². The van der Waals surface area contributed by atoms with Crippen LogP contribution in [0.5, 0.6) is 0 Å². The van der Waals surface area contributed by atoms with E-state index >= 15 is 0 Å². The molecule has 2 atom stereocenters. The van der Waals surface area contributed by atoms with Crippen molar-refractivity contribution in [1.29, 1.82) is 0 Å². The summed E-state index contributed by atoms with van der Waals surface area (Å²) in [5.74, 6) is 0. The Morgan fingerprint density at radius 2 is 1.87 bits per heavy atom. The van der Waals surface area contributed by atoms with Crippen molar-refractivity contribution in [3.05, 3.63) is 12.2 Å². The van der Waals surface area contributed by atoms with Crippen LogP contribution >= 0.6 is 0 Å². The highest BCUT2D eigenvalue weighted by Crippen LogP contribution is 2.45. The summed E-state index contributed by atoms with van der Waals surface area (Å²) in [6.45, 7) is 9.63. The zero-order valence-electron chi connectivity index (χ0n) is 10.2. The van der Waals surface area contributed by atoms with Gasteiger partial charge in [-0.2, -0.15) is 0 Å². The predicted octanol–water partition coefficient (Wildman–Crippen LogP) is 2.64. The summed E-state index contributed by atoms with van der Waals surface area (Å²) >= 11 is 0. The van der Waals surface area contributed by atoms with Crippen LogP contribution in [-0.4, -0.2) is 21.9 Å². The Hall–Kier alpha value is -0.340. The lowest BCUT2D eigenvalue weighted by Crippen LogP contribution is -2.52. The van der Waals surface area contributed by atoms with Gasteiger partial charge in [-0.15, -0.1) is 0 Å². The summed E-state index contributed by atoms with van der Waals surface area (Å²) in [4.78, 5) is 0. The van der Waals surface area contributed by atoms with Gasteiger partial charge in [0.05, 0.1) is 11.7 Å². The number of aliphatic hydroxyl groups excluding tert-OH is 1. The van der Waals surface area contributed by atoms with E-state index in [2.05, 4.69) is 6.58 Å². The molecule has 1 fully saturated rings. The van der Waals surface area contributed by atoms with Gasteiger partial charge in [0.15, 0.2) is 0 Å². The van der Waals surface area contributed by atoms with Gasteiger partial charge >= 0.3 is 0 Å². The van der Waals surface area contributed by atoms with E-state index in [0.717, 1.165) is 31.3 Å². The van der Waals surface area contributed by atoms with Gasteiger partial charge < -0.3 is 10.2 Å². The van der Waals surface area contributed by atoms with Gasteiger partial charge in [-0.05, 0) is 25.3 Å². The van der Waals surface area contributed by atoms with Crippen LogP contribution in [0.25, 0.3) is 0 Å². The van der Waals surface area contributed by atoms with Crippen LogP contribution in [0.1, 0.15) is 52.9 Å². The highest BCUT2D eigenvalue weighted by Gasteiger charge is 2.48. The summed E-state index contributed by atoms with van der Waals surface area (Å²) in [5.41, 5.74) is -0.653. The van der Waals surface area contributed by atoms with Crippen LogP contribution in [0.15, 0.2) is 12.2 Å². The largest absolute Gasteiger partial charge is 0.392 e. The van der Waals surface area contributed by atoms with Crippen molar-refractivity contribution in [2.45, 2.75) is 64.6 Å². The maximum Gasteiger partial charge on any atom is 0.0926 e. The normalized spacial score (nSPS) is 36.7. The number of hydrogen-bond donors (Lipinski definition) is 2. The van der Waals surface area contributed by atoms with Crippen molar-refractivity contribution in [3.8, 4) is 0 Å². The van der Waals surface area contributed by atoms with E-state index in [-0.39, 0.29) is 0 Å². The van der Waals surface area contributed by atoms with Gasteiger partial charge in [-0.1, -0.05) is 39.7 Å². The number of aliphatic hydroxyl groups is 2. The topological polar surface area (TPSA) is 40.5 Å². The van der Waals surface area contributed by atoms with E-state index in [1.165, 1.54) is 0 Å². The van der Waals surface area contributed by atoms with Gasteiger partial charge in [-0.25, -0.2) is 0 Å². The Morgan fingerprint density at radius 1 is 1.27 bits per heavy atom. The van der Waals surface area contributed by atoms with Crippen molar-refractivity contribution in [1.82, 2.24) is 0 Å². The molecule has 0 saturated heterocycles. The van der Waals surface area contributed by atoms with Crippen LogP contribution in [0.2, 0.25) is 0 Å². The van der Waals surface area contributed by atoms with E-state index in [1.807, 2.05) is 20.8 Å². The maximum absolute atomic E-state index is 10.7. The molecule has 0 unspecified atom stereocenters. The molecule has 1 aliphatic rings. The third kappa shape index (κ3) is 2.11. The average Bonchev–Trinajstić information content (AvgIpc) is 2.14. The van der Waals surface area contributed by atoms with E-state index in [9.17, 15) is 10.2 Å². The SMILES string of the molecule is C=C(C)[C@]1(O)CCCCC[C@@H](O)C1(C)C. The van der Waals surface area contributed by atoms with Crippen LogP contribution in [0, 0.1) is 5.41 Å². The number of hydrogen-bond acceptors (Lipinski definition) is 2. The third-order valence-electron chi connectivity index (χ3n) is 4.12. The molecule has 0 aromatic rings. The molecule has 1 saturated carbocycles. The van der Waals surface area contributed by atoms with E-state index in [4.69, 9.17) is 0 Å². The summed E-state index contributed by atoms with van der Waals surface area (Å²) in [6, 6.07) is 0. The molecule has 88 valence electrons. The molecule has 0 spiro atoms. The van der Waals surface area contributed by atoms with Crippen molar-refractivity contribution < 1.29 is 10.2 Å². The minimum absolute atomic E-state index is 0.445. The second-order valence-electron chi connectivity index (χ2n) is 5.48. The van der Waals surface area contributed by atoms with Gasteiger partial charge in [0.2, 0.25) is 0 Å². The van der Waals surface area contributed by atoms with Gasteiger partial charge in [0, 0.05) is 5.41 Å². The predicted molar refractivity (Wildman–Crippen MR) is 62.6 cm³/mol. The molecular formula is C13H24O2. The van der Waals surface area contributed by atoms with E-state index < -0.39 is 17.1 Å². The monoisotopic (exact) mass is 212 g/mol. The minimum atomic E-state index is -0.924. The van der Waals surface area contributed by atoms with Crippen molar-refractivity contribution in [2.75, 3.05) is 0 Å². The molecule has 0 aromatic carbocycles. The standard InChI is InChI=1S/C13H24O2/c1-10(2)13(15)9-7-5-6-8-11(14)12(13,3)4/h11,14-15H,1,5-9H2,2-4H3/t11-,13-/m1/s1. The average molecular weight is 212 g/mol. The van der Waals surface area contributed by atoms with Gasteiger partial charge in [0.1, 0.15) is 0 Å². The smallest absolute Gasteiger partial charge is 0.0926 e. The lowest BCUT2D eigenvalue weighted by atomic mass is 9.63. The Balaban J connectivity index is 3.02. The molecule has 1 rings (SSSR count). The summed E-state index contributed by atoms with van der Waals surface area (Å²) in [6.07, 6.45) is 4.20. The minimum Gasteiger partial charge on any atom is -0.392 e. The molecule has 15 heavy (non-hydrogen) atoms. The zero-order valence-corrected chi connectivity index (χ0v) is 10.2. The highest BCUT2D eigenvalue weighted by atomic mass is 16.3. The summed E-state index contributed by atoms with van der Waals surface area (Å²) in [7, 11) is 0. The van der Waals surface area contributed by atoms with Crippen molar-refractivity contribution in [2.24, 2.45) is 5.41 Å². The fourth-order valence-electron chi connectivity index (χ4n) is 2.62. The highest BCUT2D eigenvalue weighted by molar-refractivity contribution is 5.17. The second kappa shape index (κ2) is 4.26. The Morgan fingerprint density at radius 3 is 2.40 bits per heavy atom. The molecule has 2 N–H and O–H groups in total. The van der Waals surface area contributed by atoms with E-state index in [1.54, 1.807) is 0 Å².